The zero-order valence-electron chi connectivity index (χ0n) is 19.9. The van der Waals surface area contributed by atoms with Gasteiger partial charge in [-0.15, -0.1) is 0 Å². The van der Waals surface area contributed by atoms with Crippen LogP contribution in [-0.4, -0.2) is 53.9 Å². The molecule has 1 amide bonds. The Morgan fingerprint density at radius 3 is 2.56 bits per heavy atom. The van der Waals surface area contributed by atoms with Crippen LogP contribution >= 0.6 is 11.8 Å². The second kappa shape index (κ2) is 10.4. The zero-order chi connectivity index (χ0) is 25.2. The summed E-state index contributed by atoms with van der Waals surface area (Å²) in [6, 6.07) is 5.58. The van der Waals surface area contributed by atoms with Gasteiger partial charge in [-0.2, -0.15) is 0 Å². The summed E-state index contributed by atoms with van der Waals surface area (Å²) < 4.78 is 11.7. The summed E-state index contributed by atoms with van der Waals surface area (Å²) >= 11 is 1.35. The van der Waals surface area contributed by atoms with Gasteiger partial charge < -0.3 is 19.2 Å². The Morgan fingerprint density at radius 1 is 1.35 bits per heavy atom. The number of β-lactam (4-membered cyclic amide) rings is 1. The minimum Gasteiger partial charge on any atom is -0.456 e. The minimum atomic E-state index is -1.85. The Morgan fingerprint density at radius 2 is 2.00 bits per heavy atom. The summed E-state index contributed by atoms with van der Waals surface area (Å²) in [7, 11) is -1.85. The summed E-state index contributed by atoms with van der Waals surface area (Å²) in [5, 5.41) is 20.0. The van der Waals surface area contributed by atoms with Crippen LogP contribution in [0.2, 0.25) is 19.6 Å². The van der Waals surface area contributed by atoms with Crippen LogP contribution in [-0.2, 0) is 25.4 Å². The van der Waals surface area contributed by atoms with Crippen molar-refractivity contribution in [3.8, 4) is 0 Å². The van der Waals surface area contributed by atoms with E-state index in [1.807, 2.05) is 13.8 Å². The minimum absolute atomic E-state index is 0.0480. The molecule has 0 spiro atoms. The highest BCUT2D eigenvalue weighted by Crippen LogP contribution is 2.49. The summed E-state index contributed by atoms with van der Waals surface area (Å²) in [4.78, 5) is 39.6. The number of hydrogen-bond acceptors (Lipinski definition) is 8. The topological polar surface area (TPSA) is 119 Å². The molecule has 0 unspecified atom stereocenters. The van der Waals surface area contributed by atoms with Crippen LogP contribution in [0.4, 0.5) is 5.69 Å². The summed E-state index contributed by atoms with van der Waals surface area (Å²) in [5.41, 5.74) is 0.779. The van der Waals surface area contributed by atoms with Gasteiger partial charge in [-0.3, -0.25) is 14.9 Å². The van der Waals surface area contributed by atoms with E-state index < -0.39 is 19.2 Å². The number of aliphatic hydroxyl groups is 1. The van der Waals surface area contributed by atoms with Gasteiger partial charge in [0, 0.05) is 23.5 Å². The number of carbonyl (C=O) groups excluding carboxylic acids is 2. The van der Waals surface area contributed by atoms with Crippen molar-refractivity contribution < 1.29 is 28.8 Å². The average Bonchev–Trinajstić information content (AvgIpc) is 3.05. The van der Waals surface area contributed by atoms with E-state index in [0.29, 0.717) is 12.0 Å². The van der Waals surface area contributed by atoms with E-state index in [9.17, 15) is 24.8 Å². The van der Waals surface area contributed by atoms with Crippen LogP contribution in [0.15, 0.2) is 45.8 Å². The molecule has 1 saturated heterocycles. The predicted molar refractivity (Wildman–Crippen MR) is 131 cm³/mol. The number of fused-ring (bicyclic) bond motifs is 1. The molecule has 0 aromatic heterocycles. The Balaban J connectivity index is 1.78. The molecule has 184 valence electrons. The standard InChI is InChI=1S/C23H30N2O7SSi/c1-14(10-11-26)33-19-12-18-20(15(2)32-34(3,4)5)22(27)24(18)21(19)23(28)31-13-16-6-8-17(9-7-16)25(29)30/h6-10,15,18,20,26H,11-13H2,1-5H3/t15-,18-,20-/m1/s1. The van der Waals surface area contributed by atoms with E-state index >= 15 is 0 Å². The molecular weight excluding hydrogens is 476 g/mol. The number of carbonyl (C=O) groups is 2. The Hall–Kier alpha value is -2.47. The Kier molecular flexibility index (Phi) is 8.01. The van der Waals surface area contributed by atoms with Gasteiger partial charge in [0.25, 0.3) is 5.69 Å². The molecular formula is C23H30N2O7SSi. The monoisotopic (exact) mass is 506 g/mol. The van der Waals surface area contributed by atoms with Crippen LogP contribution in [0, 0.1) is 16.0 Å². The fourth-order valence-electron chi connectivity index (χ4n) is 4.22. The molecule has 9 nitrogen and oxygen atoms in total. The van der Waals surface area contributed by atoms with Crippen LogP contribution in [0.25, 0.3) is 0 Å². The van der Waals surface area contributed by atoms with Gasteiger partial charge in [0.2, 0.25) is 5.91 Å². The van der Waals surface area contributed by atoms with Crippen LogP contribution in [0.5, 0.6) is 0 Å². The van der Waals surface area contributed by atoms with Crippen molar-refractivity contribution in [3.63, 3.8) is 0 Å². The zero-order valence-corrected chi connectivity index (χ0v) is 21.8. The van der Waals surface area contributed by atoms with E-state index in [0.717, 1.165) is 9.81 Å². The van der Waals surface area contributed by atoms with Crippen molar-refractivity contribution in [1.29, 1.82) is 0 Å². The number of thioether (sulfide) groups is 1. The largest absolute Gasteiger partial charge is 0.456 e. The lowest BCUT2D eigenvalue weighted by molar-refractivity contribution is -0.384. The number of ether oxygens (including phenoxy) is 1. The van der Waals surface area contributed by atoms with Gasteiger partial charge in [0.15, 0.2) is 8.32 Å². The molecule has 1 aromatic rings. The maximum absolute atomic E-state index is 13.1. The molecule has 2 heterocycles. The fraction of sp³-hybridized carbons (Fsp3) is 0.478. The lowest BCUT2D eigenvalue weighted by Crippen LogP contribution is -2.63. The highest BCUT2D eigenvalue weighted by atomic mass is 32.2. The second-order valence-electron chi connectivity index (χ2n) is 9.31. The van der Waals surface area contributed by atoms with Gasteiger partial charge in [-0.1, -0.05) is 11.8 Å². The molecule has 3 rings (SSSR count). The van der Waals surface area contributed by atoms with Crippen LogP contribution < -0.4 is 0 Å². The van der Waals surface area contributed by atoms with Crippen molar-refractivity contribution >= 4 is 37.6 Å². The van der Waals surface area contributed by atoms with Gasteiger partial charge in [-0.25, -0.2) is 4.79 Å². The smallest absolute Gasteiger partial charge is 0.356 e. The van der Waals surface area contributed by atoms with Crippen molar-refractivity contribution in [1.82, 2.24) is 4.90 Å². The number of amides is 1. The molecule has 1 aromatic carbocycles. The maximum Gasteiger partial charge on any atom is 0.356 e. The summed E-state index contributed by atoms with van der Waals surface area (Å²) in [6.45, 7) is 9.76. The molecule has 34 heavy (non-hydrogen) atoms. The average molecular weight is 507 g/mol. The number of esters is 1. The number of nitro groups is 1. The van der Waals surface area contributed by atoms with Crippen molar-refractivity contribution in [2.45, 2.75) is 58.7 Å². The fourth-order valence-corrected chi connectivity index (χ4v) is 6.57. The first-order valence-electron chi connectivity index (χ1n) is 11.0. The molecule has 3 atom stereocenters. The SMILES string of the molecule is CC(=CCO)SC1=C(C(=O)OCc2ccc([N+](=O)[O-])cc2)N2C(=O)[C@H]([C@@H](C)O[Si](C)(C)C)[C@H]2C1. The number of hydrogen-bond donors (Lipinski definition) is 1. The van der Waals surface area contributed by atoms with E-state index in [2.05, 4.69) is 19.6 Å². The van der Waals surface area contributed by atoms with Gasteiger partial charge in [0.1, 0.15) is 12.3 Å². The first kappa shape index (κ1) is 26.1. The normalized spacial score (nSPS) is 21.3. The van der Waals surface area contributed by atoms with Crippen molar-refractivity contribution in [3.05, 3.63) is 61.5 Å². The van der Waals surface area contributed by atoms with Crippen molar-refractivity contribution in [2.24, 2.45) is 5.92 Å². The van der Waals surface area contributed by atoms with E-state index in [1.165, 1.54) is 40.9 Å². The number of rotatable bonds is 10. The van der Waals surface area contributed by atoms with E-state index in [-0.39, 0.29) is 48.6 Å². The molecule has 0 aliphatic carbocycles. The lowest BCUT2D eigenvalue weighted by Gasteiger charge is -2.47. The molecule has 2 aliphatic rings. The van der Waals surface area contributed by atoms with Gasteiger partial charge in [0.05, 0.1) is 29.6 Å². The molecule has 0 radical (unpaired) electrons. The third-order valence-electron chi connectivity index (χ3n) is 5.59. The number of non-ortho nitro benzene ring substituents is 1. The highest BCUT2D eigenvalue weighted by molar-refractivity contribution is 8.06. The molecule has 1 N–H and O–H groups in total. The molecule has 0 saturated carbocycles. The third kappa shape index (κ3) is 5.77. The maximum atomic E-state index is 13.1. The first-order chi connectivity index (χ1) is 15.9. The third-order valence-corrected chi connectivity index (χ3v) is 7.76. The molecule has 2 aliphatic heterocycles. The Bertz CT molecular complexity index is 1030. The van der Waals surface area contributed by atoms with Crippen LogP contribution in [0.3, 0.4) is 0 Å². The summed E-state index contributed by atoms with van der Waals surface area (Å²) in [5.74, 6) is -1.10. The predicted octanol–water partition coefficient (Wildman–Crippen LogP) is 3.95. The van der Waals surface area contributed by atoms with E-state index in [1.54, 1.807) is 6.08 Å². The molecule has 11 heteroatoms. The number of aliphatic hydroxyl groups excluding tert-OH is 1. The number of nitrogens with zero attached hydrogens (tertiary/aromatic N) is 2. The van der Waals surface area contributed by atoms with Gasteiger partial charge >= 0.3 is 5.97 Å². The second-order valence-corrected chi connectivity index (χ2v) is 15.1. The van der Waals surface area contributed by atoms with Gasteiger partial charge in [-0.05, 0) is 62.2 Å². The number of benzene rings is 1. The lowest BCUT2D eigenvalue weighted by atomic mass is 9.83. The molecule has 0 bridgehead atoms. The number of allylic oxidation sites excluding steroid dienone is 1. The van der Waals surface area contributed by atoms with Crippen molar-refractivity contribution in [2.75, 3.05) is 6.61 Å². The first-order valence-corrected chi connectivity index (χ1v) is 15.3. The Labute approximate surface area is 204 Å². The van der Waals surface area contributed by atoms with E-state index in [4.69, 9.17) is 9.16 Å². The van der Waals surface area contributed by atoms with Crippen LogP contribution in [0.1, 0.15) is 25.8 Å². The summed E-state index contributed by atoms with van der Waals surface area (Å²) in [6.07, 6.45) is 1.90. The number of nitro benzene ring substituents is 1. The highest BCUT2D eigenvalue weighted by Gasteiger charge is 2.57. The quantitative estimate of drug-likeness (QED) is 0.167. The molecule has 1 fully saturated rings.